The number of benzene rings is 1. The third-order valence-corrected chi connectivity index (χ3v) is 5.02. The number of unbranched alkanes of at least 4 members (excludes halogenated alkanes) is 1. The molecule has 0 bridgehead atoms. The Hall–Kier alpha value is -1.28. The highest BCUT2D eigenvalue weighted by Gasteiger charge is 2.37. The Kier molecular flexibility index (Phi) is 5.63. The molecule has 0 saturated heterocycles. The van der Waals surface area contributed by atoms with Gasteiger partial charge in [0.1, 0.15) is 11.4 Å². The lowest BCUT2D eigenvalue weighted by molar-refractivity contribution is -0.136. The van der Waals surface area contributed by atoms with Crippen molar-refractivity contribution in [3.63, 3.8) is 0 Å². The third-order valence-electron chi connectivity index (χ3n) is 2.96. The van der Waals surface area contributed by atoms with Gasteiger partial charge in [0.05, 0.1) is 5.69 Å². The van der Waals surface area contributed by atoms with Crippen LogP contribution in [0, 0.1) is 6.92 Å². The van der Waals surface area contributed by atoms with Gasteiger partial charge in [0.25, 0.3) is 0 Å². The highest BCUT2D eigenvalue weighted by molar-refractivity contribution is 7.89. The predicted molar refractivity (Wildman–Crippen MR) is 75.3 cm³/mol. The minimum atomic E-state index is -4.60. The summed E-state index contributed by atoms with van der Waals surface area (Å²) < 4.78 is 63.4. The van der Waals surface area contributed by atoms with Gasteiger partial charge < -0.3 is 5.73 Å². The van der Waals surface area contributed by atoms with Crippen molar-refractivity contribution in [3.8, 4) is 0 Å². The molecule has 1 rings (SSSR count). The number of anilines is 1. The molecule has 0 aromatic heterocycles. The summed E-state index contributed by atoms with van der Waals surface area (Å²) in [5, 5.41) is 0. The fourth-order valence-corrected chi connectivity index (χ4v) is 3.76. The first-order valence-electron chi connectivity index (χ1n) is 6.51. The maximum atomic E-state index is 12.6. The number of nitrogen functional groups attached to an aromatic ring is 1. The van der Waals surface area contributed by atoms with Crippen molar-refractivity contribution in [1.29, 1.82) is 0 Å². The maximum Gasteiger partial charge on any atom is 0.402 e. The Morgan fingerprint density at radius 2 is 1.90 bits per heavy atom. The lowest BCUT2D eigenvalue weighted by Crippen LogP contribution is -2.40. The van der Waals surface area contributed by atoms with Gasteiger partial charge in [-0.05, 0) is 25.0 Å². The van der Waals surface area contributed by atoms with E-state index in [0.717, 1.165) is 0 Å². The van der Waals surface area contributed by atoms with E-state index in [1.54, 1.807) is 13.0 Å². The summed E-state index contributed by atoms with van der Waals surface area (Å²) in [6, 6.07) is 4.43. The van der Waals surface area contributed by atoms with Crippen molar-refractivity contribution < 1.29 is 21.6 Å². The van der Waals surface area contributed by atoms with Gasteiger partial charge in [-0.2, -0.15) is 17.5 Å². The third kappa shape index (κ3) is 4.60. The van der Waals surface area contributed by atoms with E-state index in [9.17, 15) is 21.6 Å². The summed E-state index contributed by atoms with van der Waals surface area (Å²) in [4.78, 5) is -0.245. The number of hydrogen-bond acceptors (Lipinski definition) is 3. The number of rotatable bonds is 6. The number of halogens is 3. The van der Waals surface area contributed by atoms with E-state index in [-0.39, 0.29) is 17.1 Å². The van der Waals surface area contributed by atoms with Crippen LogP contribution in [0.1, 0.15) is 25.3 Å². The quantitative estimate of drug-likeness (QED) is 0.818. The average molecular weight is 324 g/mol. The monoisotopic (exact) mass is 324 g/mol. The first kappa shape index (κ1) is 17.8. The van der Waals surface area contributed by atoms with Gasteiger partial charge in [-0.25, -0.2) is 8.42 Å². The summed E-state index contributed by atoms with van der Waals surface area (Å²) >= 11 is 0. The van der Waals surface area contributed by atoms with Crippen molar-refractivity contribution in [2.24, 2.45) is 0 Å². The molecule has 0 aliphatic rings. The van der Waals surface area contributed by atoms with Crippen LogP contribution in [0.15, 0.2) is 23.1 Å². The highest BCUT2D eigenvalue weighted by Crippen LogP contribution is 2.28. The highest BCUT2D eigenvalue weighted by atomic mass is 32.2. The van der Waals surface area contributed by atoms with Gasteiger partial charge in [0.2, 0.25) is 10.0 Å². The Bertz CT molecular complexity index is 565. The number of aryl methyl sites for hydroxylation is 1. The predicted octanol–water partition coefficient (Wildman–Crippen LogP) is 2.93. The molecule has 4 nitrogen and oxygen atoms in total. The smallest absolute Gasteiger partial charge is 0.398 e. The molecule has 0 atom stereocenters. The molecule has 0 saturated carbocycles. The van der Waals surface area contributed by atoms with Crippen LogP contribution >= 0.6 is 0 Å². The maximum absolute atomic E-state index is 12.6. The largest absolute Gasteiger partial charge is 0.402 e. The first-order valence-corrected chi connectivity index (χ1v) is 7.95. The van der Waals surface area contributed by atoms with Crippen LogP contribution in [-0.4, -0.2) is 32.0 Å². The van der Waals surface area contributed by atoms with E-state index in [0.29, 0.717) is 22.7 Å². The Labute approximate surface area is 122 Å². The topological polar surface area (TPSA) is 63.4 Å². The Balaban J connectivity index is 3.26. The summed E-state index contributed by atoms with van der Waals surface area (Å²) in [7, 11) is -4.28. The molecule has 21 heavy (non-hydrogen) atoms. The molecule has 0 fully saturated rings. The molecule has 120 valence electrons. The molecule has 0 aliphatic carbocycles. The number of nitrogens with zero attached hydrogens (tertiary/aromatic N) is 1. The molecule has 0 heterocycles. The molecular weight excluding hydrogens is 305 g/mol. The second-order valence-electron chi connectivity index (χ2n) is 4.80. The van der Waals surface area contributed by atoms with E-state index in [2.05, 4.69) is 0 Å². The van der Waals surface area contributed by atoms with Crippen molar-refractivity contribution in [2.75, 3.05) is 18.8 Å². The van der Waals surface area contributed by atoms with Crippen molar-refractivity contribution in [2.45, 2.75) is 37.8 Å². The number of sulfonamides is 1. The van der Waals surface area contributed by atoms with Crippen molar-refractivity contribution in [3.05, 3.63) is 23.8 Å². The molecule has 0 radical (unpaired) electrons. The Morgan fingerprint density at radius 3 is 2.38 bits per heavy atom. The molecule has 0 aliphatic heterocycles. The SMILES string of the molecule is CCCCN(CC(F)(F)F)S(=O)(=O)c1c(C)cccc1N. The zero-order valence-corrected chi connectivity index (χ0v) is 12.8. The van der Waals surface area contributed by atoms with Crippen LogP contribution in [0.3, 0.4) is 0 Å². The standard InChI is InChI=1S/C13H19F3N2O2S/c1-3-4-8-18(9-13(14,15)16)21(19,20)12-10(2)6-5-7-11(12)17/h5-7H,3-4,8-9,17H2,1-2H3. The van der Waals surface area contributed by atoms with E-state index < -0.39 is 22.7 Å². The summed E-state index contributed by atoms with van der Waals surface area (Å²) in [6.07, 6.45) is -3.66. The van der Waals surface area contributed by atoms with E-state index in [1.165, 1.54) is 19.1 Å². The van der Waals surface area contributed by atoms with Crippen LogP contribution in [-0.2, 0) is 10.0 Å². The van der Waals surface area contributed by atoms with Crippen molar-refractivity contribution in [1.82, 2.24) is 4.31 Å². The lowest BCUT2D eigenvalue weighted by atomic mass is 10.2. The van der Waals surface area contributed by atoms with Crippen LogP contribution in [0.25, 0.3) is 0 Å². The summed E-state index contributed by atoms with van der Waals surface area (Å²) in [5.74, 6) is 0. The molecular formula is C13H19F3N2O2S. The number of hydrogen-bond donors (Lipinski definition) is 1. The molecule has 0 unspecified atom stereocenters. The number of alkyl halides is 3. The van der Waals surface area contributed by atoms with Crippen LogP contribution in [0.4, 0.5) is 18.9 Å². The van der Waals surface area contributed by atoms with Crippen LogP contribution in [0.2, 0.25) is 0 Å². The zero-order valence-electron chi connectivity index (χ0n) is 11.9. The van der Waals surface area contributed by atoms with Gasteiger partial charge >= 0.3 is 6.18 Å². The molecule has 1 aromatic carbocycles. The summed E-state index contributed by atoms with van der Waals surface area (Å²) in [6.45, 7) is 1.59. The molecule has 2 N–H and O–H groups in total. The normalized spacial score (nSPS) is 12.9. The fourth-order valence-electron chi connectivity index (χ4n) is 1.98. The minimum Gasteiger partial charge on any atom is -0.398 e. The first-order chi connectivity index (χ1) is 9.59. The Morgan fingerprint density at radius 1 is 1.29 bits per heavy atom. The summed E-state index contributed by atoms with van der Waals surface area (Å²) in [5.41, 5.74) is 5.94. The second kappa shape index (κ2) is 6.65. The molecule has 0 amide bonds. The van der Waals surface area contributed by atoms with E-state index in [4.69, 9.17) is 5.73 Å². The fraction of sp³-hybridized carbons (Fsp3) is 0.538. The van der Waals surface area contributed by atoms with Gasteiger partial charge in [0, 0.05) is 6.54 Å². The van der Waals surface area contributed by atoms with E-state index in [1.807, 2.05) is 0 Å². The number of nitrogens with two attached hydrogens (primary N) is 1. The molecule has 8 heteroatoms. The van der Waals surface area contributed by atoms with E-state index >= 15 is 0 Å². The zero-order chi connectivity index (χ0) is 16.3. The second-order valence-corrected chi connectivity index (χ2v) is 6.68. The molecule has 0 spiro atoms. The minimum absolute atomic E-state index is 0.0429. The molecule has 1 aromatic rings. The average Bonchev–Trinajstić information content (AvgIpc) is 2.32. The van der Waals surface area contributed by atoms with Crippen LogP contribution < -0.4 is 5.73 Å². The van der Waals surface area contributed by atoms with Gasteiger partial charge in [-0.1, -0.05) is 25.5 Å². The van der Waals surface area contributed by atoms with Gasteiger partial charge in [-0.3, -0.25) is 0 Å². The lowest BCUT2D eigenvalue weighted by Gasteiger charge is -2.24. The van der Waals surface area contributed by atoms with Crippen molar-refractivity contribution >= 4 is 15.7 Å². The van der Waals surface area contributed by atoms with Crippen LogP contribution in [0.5, 0.6) is 0 Å². The van der Waals surface area contributed by atoms with Gasteiger partial charge in [0.15, 0.2) is 0 Å². The van der Waals surface area contributed by atoms with Gasteiger partial charge in [-0.15, -0.1) is 0 Å².